The number of aryl methyl sites for hydroxylation is 2. The van der Waals surface area contributed by atoms with Crippen LogP contribution in [0.25, 0.3) is 0 Å². The number of aliphatic hydroxyl groups is 1. The van der Waals surface area contributed by atoms with Gasteiger partial charge in [-0.2, -0.15) is 0 Å². The normalized spacial score (nSPS) is 20.1. The Labute approximate surface area is 162 Å². The van der Waals surface area contributed by atoms with Crippen LogP contribution < -0.4 is 5.32 Å². The van der Waals surface area contributed by atoms with Crippen molar-refractivity contribution in [1.82, 2.24) is 10.2 Å². The van der Waals surface area contributed by atoms with E-state index in [-0.39, 0.29) is 5.91 Å². The smallest absolute Gasteiger partial charge is 0.255 e. The van der Waals surface area contributed by atoms with E-state index >= 15 is 0 Å². The molecule has 144 valence electrons. The molecule has 2 N–H and O–H groups in total. The molecule has 4 nitrogen and oxygen atoms in total. The molecule has 0 radical (unpaired) electrons. The third-order valence-electron chi connectivity index (χ3n) is 5.45. The Hall–Kier alpha value is -2.17. The largest absolute Gasteiger partial charge is 0.379 e. The molecule has 27 heavy (non-hydrogen) atoms. The van der Waals surface area contributed by atoms with Gasteiger partial charge in [0.15, 0.2) is 5.60 Å². The van der Waals surface area contributed by atoms with Crippen LogP contribution in [-0.2, 0) is 17.8 Å². The predicted molar refractivity (Wildman–Crippen MR) is 109 cm³/mol. The molecule has 0 aromatic heterocycles. The highest BCUT2D eigenvalue weighted by molar-refractivity contribution is 5.86. The number of carbonyl (C=O) groups is 1. The third kappa shape index (κ3) is 4.96. The fourth-order valence-electron chi connectivity index (χ4n) is 3.75. The summed E-state index contributed by atoms with van der Waals surface area (Å²) < 4.78 is 0. The minimum absolute atomic E-state index is 0.141. The Kier molecular flexibility index (Phi) is 6.30. The summed E-state index contributed by atoms with van der Waals surface area (Å²) in [5.41, 5.74) is 3.57. The molecule has 1 aliphatic heterocycles. The van der Waals surface area contributed by atoms with Crippen LogP contribution in [-0.4, -0.2) is 41.1 Å². The zero-order chi connectivity index (χ0) is 19.3. The van der Waals surface area contributed by atoms with E-state index in [1.807, 2.05) is 23.1 Å². The Bertz CT molecular complexity index is 775. The molecule has 1 amide bonds. The molecular formula is C23H30N2O2. The number of hydrogen-bond donors (Lipinski definition) is 2. The lowest BCUT2D eigenvalue weighted by Crippen LogP contribution is -2.58. The predicted octanol–water partition coefficient (Wildman–Crippen LogP) is 2.99. The van der Waals surface area contributed by atoms with Crippen LogP contribution in [0.15, 0.2) is 48.5 Å². The van der Waals surface area contributed by atoms with E-state index in [1.165, 1.54) is 22.3 Å². The fraction of sp³-hybridized carbons (Fsp3) is 0.435. The summed E-state index contributed by atoms with van der Waals surface area (Å²) in [7, 11) is 0. The van der Waals surface area contributed by atoms with Gasteiger partial charge in [-0.15, -0.1) is 0 Å². The minimum Gasteiger partial charge on any atom is -0.379 e. The van der Waals surface area contributed by atoms with E-state index in [4.69, 9.17) is 0 Å². The Morgan fingerprint density at radius 3 is 2.70 bits per heavy atom. The first kappa shape index (κ1) is 19.6. The van der Waals surface area contributed by atoms with Gasteiger partial charge in [0.25, 0.3) is 5.91 Å². The number of benzene rings is 2. The molecular weight excluding hydrogens is 336 g/mol. The highest BCUT2D eigenvalue weighted by Gasteiger charge is 2.41. The summed E-state index contributed by atoms with van der Waals surface area (Å²) in [5, 5.41) is 14.3. The lowest BCUT2D eigenvalue weighted by atomic mass is 9.91. The first-order chi connectivity index (χ1) is 13.0. The van der Waals surface area contributed by atoms with Crippen LogP contribution in [0.1, 0.15) is 35.1 Å². The second kappa shape index (κ2) is 8.68. The molecule has 1 atom stereocenters. The molecule has 0 aliphatic carbocycles. The van der Waals surface area contributed by atoms with Crippen LogP contribution in [0.3, 0.4) is 0 Å². The maximum atomic E-state index is 12.9. The Morgan fingerprint density at radius 2 is 1.93 bits per heavy atom. The number of hydrogen-bond acceptors (Lipinski definition) is 3. The molecule has 0 spiro atoms. The average molecular weight is 367 g/mol. The number of likely N-dealkylation sites (tertiary alicyclic amines) is 1. The van der Waals surface area contributed by atoms with Gasteiger partial charge in [0.1, 0.15) is 0 Å². The summed E-state index contributed by atoms with van der Waals surface area (Å²) >= 11 is 0. The average Bonchev–Trinajstić information content (AvgIpc) is 2.67. The number of rotatable bonds is 7. The number of carbonyl (C=O) groups excluding carboxylic acids is 1. The van der Waals surface area contributed by atoms with Gasteiger partial charge in [0.2, 0.25) is 0 Å². The molecule has 4 heteroatoms. The summed E-state index contributed by atoms with van der Waals surface area (Å²) in [4.78, 5) is 14.7. The van der Waals surface area contributed by atoms with Crippen molar-refractivity contribution < 1.29 is 9.90 Å². The van der Waals surface area contributed by atoms with Gasteiger partial charge in [0, 0.05) is 26.2 Å². The van der Waals surface area contributed by atoms with Crippen molar-refractivity contribution >= 4 is 5.91 Å². The molecule has 1 aliphatic rings. The van der Waals surface area contributed by atoms with Gasteiger partial charge in [-0.3, -0.25) is 4.79 Å². The van der Waals surface area contributed by atoms with Crippen molar-refractivity contribution in [3.63, 3.8) is 0 Å². The number of amides is 1. The monoisotopic (exact) mass is 366 g/mol. The number of nitrogens with zero attached hydrogens (tertiary/aromatic N) is 1. The maximum absolute atomic E-state index is 12.9. The summed E-state index contributed by atoms with van der Waals surface area (Å²) in [6.45, 7) is 6.50. The van der Waals surface area contributed by atoms with E-state index in [1.54, 1.807) is 0 Å². The first-order valence-corrected chi connectivity index (χ1v) is 9.80. The summed E-state index contributed by atoms with van der Waals surface area (Å²) in [6, 6.07) is 16.5. The van der Waals surface area contributed by atoms with Crippen molar-refractivity contribution in [2.45, 2.75) is 45.3 Å². The van der Waals surface area contributed by atoms with Crippen molar-refractivity contribution in [3.05, 3.63) is 70.8 Å². The van der Waals surface area contributed by atoms with E-state index in [2.05, 4.69) is 49.5 Å². The van der Waals surface area contributed by atoms with Crippen LogP contribution in [0.5, 0.6) is 0 Å². The zero-order valence-corrected chi connectivity index (χ0v) is 16.4. The molecule has 1 unspecified atom stereocenters. The second-order valence-electron chi connectivity index (χ2n) is 7.70. The van der Waals surface area contributed by atoms with Crippen LogP contribution >= 0.6 is 0 Å². The maximum Gasteiger partial charge on any atom is 0.255 e. The highest BCUT2D eigenvalue weighted by atomic mass is 16.3. The van der Waals surface area contributed by atoms with Gasteiger partial charge in [-0.25, -0.2) is 0 Å². The Morgan fingerprint density at radius 1 is 1.15 bits per heavy atom. The third-order valence-corrected chi connectivity index (χ3v) is 5.45. The molecule has 2 aromatic rings. The lowest BCUT2D eigenvalue weighted by molar-refractivity contribution is -0.156. The van der Waals surface area contributed by atoms with Crippen LogP contribution in [0, 0.1) is 13.8 Å². The van der Waals surface area contributed by atoms with Crippen molar-refractivity contribution in [3.8, 4) is 0 Å². The van der Waals surface area contributed by atoms with E-state index in [9.17, 15) is 9.90 Å². The first-order valence-electron chi connectivity index (χ1n) is 9.80. The summed E-state index contributed by atoms with van der Waals surface area (Å²) in [6.07, 6.45) is 2.17. The lowest BCUT2D eigenvalue weighted by Gasteiger charge is -2.38. The molecule has 1 saturated heterocycles. The molecule has 0 saturated carbocycles. The Balaban J connectivity index is 1.55. The van der Waals surface area contributed by atoms with Gasteiger partial charge >= 0.3 is 0 Å². The zero-order valence-electron chi connectivity index (χ0n) is 16.4. The topological polar surface area (TPSA) is 52.6 Å². The van der Waals surface area contributed by atoms with Crippen LogP contribution in [0.4, 0.5) is 0 Å². The van der Waals surface area contributed by atoms with Gasteiger partial charge < -0.3 is 15.3 Å². The van der Waals surface area contributed by atoms with Crippen molar-refractivity contribution in [1.29, 1.82) is 0 Å². The highest BCUT2D eigenvalue weighted by Crippen LogP contribution is 2.23. The molecule has 3 rings (SSSR count). The molecule has 0 bridgehead atoms. The van der Waals surface area contributed by atoms with E-state index in [0.29, 0.717) is 26.1 Å². The standard InChI is InChI=1S/C23H30N2O2/c1-18-9-10-19(2)21(15-18)16-24-17-23(27)12-6-13-25(22(23)26)14-11-20-7-4-3-5-8-20/h3-5,7-10,15,24,27H,6,11-14,16-17H2,1-2H3. The number of piperidine rings is 1. The van der Waals surface area contributed by atoms with E-state index in [0.717, 1.165) is 19.4 Å². The van der Waals surface area contributed by atoms with Crippen molar-refractivity contribution in [2.75, 3.05) is 19.6 Å². The van der Waals surface area contributed by atoms with Gasteiger partial charge in [-0.05, 0) is 49.8 Å². The minimum atomic E-state index is -1.30. The van der Waals surface area contributed by atoms with E-state index < -0.39 is 5.60 Å². The molecule has 1 fully saturated rings. The molecule has 2 aromatic carbocycles. The quantitative estimate of drug-likeness (QED) is 0.792. The van der Waals surface area contributed by atoms with Gasteiger partial charge in [-0.1, -0.05) is 54.1 Å². The number of nitrogens with one attached hydrogen (secondary N) is 1. The van der Waals surface area contributed by atoms with Gasteiger partial charge in [0.05, 0.1) is 0 Å². The summed E-state index contributed by atoms with van der Waals surface area (Å²) in [5.74, 6) is -0.141. The fourth-order valence-corrected chi connectivity index (χ4v) is 3.75. The molecule has 1 heterocycles. The SMILES string of the molecule is Cc1ccc(C)c(CNCC2(O)CCCN(CCc3ccccc3)C2=O)c1. The second-order valence-corrected chi connectivity index (χ2v) is 7.70. The van der Waals surface area contributed by atoms with Crippen molar-refractivity contribution in [2.24, 2.45) is 0 Å². The van der Waals surface area contributed by atoms with Crippen LogP contribution in [0.2, 0.25) is 0 Å².